The van der Waals surface area contributed by atoms with Crippen LogP contribution in [0, 0.1) is 11.3 Å². The number of hydrogen-bond acceptors (Lipinski definition) is 4. The van der Waals surface area contributed by atoms with Gasteiger partial charge in [-0.1, -0.05) is 0 Å². The largest absolute Gasteiger partial charge is 0.482 e. The van der Waals surface area contributed by atoms with E-state index in [1.807, 2.05) is 6.07 Å². The van der Waals surface area contributed by atoms with Crippen LogP contribution in [0.25, 0.3) is 0 Å². The lowest BCUT2D eigenvalue weighted by molar-refractivity contribution is 0.392. The van der Waals surface area contributed by atoms with Crippen molar-refractivity contribution >= 4 is 11.8 Å². The fraction of sp³-hybridized carbons (Fsp3) is 0.400. The number of thioether (sulfide) groups is 1. The number of nitrogens with zero attached hydrogens (tertiary/aromatic N) is 1. The second-order valence-corrected chi connectivity index (χ2v) is 4.34. The van der Waals surface area contributed by atoms with Gasteiger partial charge >= 0.3 is 0 Å². The van der Waals surface area contributed by atoms with E-state index in [1.165, 1.54) is 7.11 Å². The molecule has 0 saturated carbocycles. The summed E-state index contributed by atoms with van der Waals surface area (Å²) in [4.78, 5) is 14.1. The van der Waals surface area contributed by atoms with E-state index in [0.717, 1.165) is 29.1 Å². The van der Waals surface area contributed by atoms with Gasteiger partial charge in [-0.3, -0.25) is 9.78 Å². The first kappa shape index (κ1) is 10.1. The van der Waals surface area contributed by atoms with Crippen molar-refractivity contribution < 1.29 is 4.74 Å². The summed E-state index contributed by atoms with van der Waals surface area (Å²) < 4.78 is 5.11. The summed E-state index contributed by atoms with van der Waals surface area (Å²) in [6.07, 6.45) is 0.767. The third-order valence-electron chi connectivity index (χ3n) is 2.45. The van der Waals surface area contributed by atoms with E-state index in [2.05, 4.69) is 4.98 Å². The van der Waals surface area contributed by atoms with Crippen LogP contribution in [0.2, 0.25) is 0 Å². The van der Waals surface area contributed by atoms with Crippen LogP contribution in [0.4, 0.5) is 0 Å². The molecule has 0 spiro atoms. The number of ether oxygens (including phenoxy) is 1. The Hall–Kier alpha value is -1.41. The van der Waals surface area contributed by atoms with E-state index < -0.39 is 0 Å². The molecule has 0 saturated heterocycles. The third-order valence-corrected chi connectivity index (χ3v) is 3.44. The van der Waals surface area contributed by atoms with Crippen molar-refractivity contribution in [2.75, 3.05) is 12.9 Å². The number of rotatable bonds is 1. The fourth-order valence-corrected chi connectivity index (χ4v) is 2.74. The van der Waals surface area contributed by atoms with E-state index in [-0.39, 0.29) is 11.1 Å². The molecule has 0 aliphatic carbocycles. The Morgan fingerprint density at radius 1 is 1.53 bits per heavy atom. The second kappa shape index (κ2) is 3.99. The Morgan fingerprint density at radius 3 is 3.00 bits per heavy atom. The Morgan fingerprint density at radius 2 is 2.33 bits per heavy atom. The van der Waals surface area contributed by atoms with Gasteiger partial charge in [0.2, 0.25) is 0 Å². The standard InChI is InChI=1S/C10H10N2O2S/c1-14-10-8-5-15-3-2-6(8)7(4-11)9(13)12-10/h2-3,5H2,1H3,(H,12,13). The molecule has 0 amide bonds. The van der Waals surface area contributed by atoms with Gasteiger partial charge in [-0.2, -0.15) is 17.0 Å². The molecule has 15 heavy (non-hydrogen) atoms. The molecule has 2 rings (SSSR count). The van der Waals surface area contributed by atoms with E-state index in [4.69, 9.17) is 10.00 Å². The molecule has 0 aromatic carbocycles. The molecule has 1 aromatic heterocycles. The smallest absolute Gasteiger partial charge is 0.268 e. The van der Waals surface area contributed by atoms with Gasteiger partial charge < -0.3 is 4.74 Å². The lowest BCUT2D eigenvalue weighted by atomic mass is 10.0. The van der Waals surface area contributed by atoms with Crippen LogP contribution in [-0.4, -0.2) is 17.8 Å². The van der Waals surface area contributed by atoms with Crippen molar-refractivity contribution in [2.24, 2.45) is 0 Å². The molecule has 78 valence electrons. The van der Waals surface area contributed by atoms with E-state index in [9.17, 15) is 4.79 Å². The average Bonchev–Trinajstić information content (AvgIpc) is 2.28. The number of methoxy groups -OCH3 is 1. The summed E-state index contributed by atoms with van der Waals surface area (Å²) in [5.74, 6) is 2.25. The van der Waals surface area contributed by atoms with Crippen molar-refractivity contribution in [1.82, 2.24) is 4.98 Å². The summed E-state index contributed by atoms with van der Waals surface area (Å²) >= 11 is 1.78. The highest BCUT2D eigenvalue weighted by Crippen LogP contribution is 2.30. The number of nitriles is 1. The molecule has 1 aromatic rings. The van der Waals surface area contributed by atoms with Crippen molar-refractivity contribution in [3.05, 3.63) is 27.0 Å². The maximum atomic E-state index is 11.5. The molecule has 5 heteroatoms. The minimum atomic E-state index is -0.347. The Kier molecular flexibility index (Phi) is 2.69. The lowest BCUT2D eigenvalue weighted by Gasteiger charge is -2.18. The molecule has 0 radical (unpaired) electrons. The molecule has 1 aliphatic heterocycles. The van der Waals surface area contributed by atoms with Gasteiger partial charge in [0.15, 0.2) is 5.88 Å². The Bertz CT molecular complexity index is 487. The molecule has 4 nitrogen and oxygen atoms in total. The molecular weight excluding hydrogens is 212 g/mol. The topological polar surface area (TPSA) is 65.9 Å². The number of fused-ring (bicyclic) bond motifs is 1. The summed E-state index contributed by atoms with van der Waals surface area (Å²) in [5.41, 5.74) is 1.72. The summed E-state index contributed by atoms with van der Waals surface area (Å²) in [6, 6.07) is 1.97. The fourth-order valence-electron chi connectivity index (χ4n) is 1.74. The number of H-pyrrole nitrogens is 1. The van der Waals surface area contributed by atoms with E-state index in [1.54, 1.807) is 11.8 Å². The molecule has 2 heterocycles. The zero-order valence-electron chi connectivity index (χ0n) is 8.29. The first-order valence-corrected chi connectivity index (χ1v) is 5.73. The van der Waals surface area contributed by atoms with Crippen LogP contribution < -0.4 is 10.3 Å². The molecular formula is C10H10N2O2S. The van der Waals surface area contributed by atoms with Crippen molar-refractivity contribution in [3.63, 3.8) is 0 Å². The first-order valence-electron chi connectivity index (χ1n) is 4.57. The van der Waals surface area contributed by atoms with Crippen LogP contribution in [0.5, 0.6) is 5.88 Å². The van der Waals surface area contributed by atoms with E-state index >= 15 is 0 Å². The highest BCUT2D eigenvalue weighted by atomic mass is 32.2. The number of aromatic amines is 1. The van der Waals surface area contributed by atoms with Gasteiger partial charge in [0, 0.05) is 11.3 Å². The van der Waals surface area contributed by atoms with E-state index in [0.29, 0.717) is 5.88 Å². The van der Waals surface area contributed by atoms with Gasteiger partial charge in [-0.25, -0.2) is 0 Å². The number of nitrogens with one attached hydrogen (secondary N) is 1. The normalized spacial score (nSPS) is 14.1. The van der Waals surface area contributed by atoms with Gasteiger partial charge in [0.05, 0.1) is 7.11 Å². The van der Waals surface area contributed by atoms with Crippen LogP contribution >= 0.6 is 11.8 Å². The van der Waals surface area contributed by atoms with Crippen LogP contribution in [0.1, 0.15) is 16.7 Å². The van der Waals surface area contributed by atoms with Gasteiger partial charge in [-0.05, 0) is 17.7 Å². The number of aromatic nitrogens is 1. The van der Waals surface area contributed by atoms with Crippen LogP contribution in [0.3, 0.4) is 0 Å². The number of pyridine rings is 1. The van der Waals surface area contributed by atoms with Gasteiger partial charge in [0.1, 0.15) is 11.6 Å². The van der Waals surface area contributed by atoms with Crippen molar-refractivity contribution in [3.8, 4) is 11.9 Å². The highest BCUT2D eigenvalue weighted by Gasteiger charge is 2.20. The number of hydrogen-bond donors (Lipinski definition) is 1. The zero-order valence-corrected chi connectivity index (χ0v) is 9.11. The molecule has 1 aliphatic rings. The third kappa shape index (κ3) is 1.61. The van der Waals surface area contributed by atoms with Gasteiger partial charge in [-0.15, -0.1) is 0 Å². The predicted molar refractivity (Wildman–Crippen MR) is 58.2 cm³/mol. The first-order chi connectivity index (χ1) is 7.27. The Labute approximate surface area is 91.3 Å². The highest BCUT2D eigenvalue weighted by molar-refractivity contribution is 7.98. The van der Waals surface area contributed by atoms with Crippen molar-refractivity contribution in [1.29, 1.82) is 5.26 Å². The monoisotopic (exact) mass is 222 g/mol. The second-order valence-electron chi connectivity index (χ2n) is 3.23. The summed E-state index contributed by atoms with van der Waals surface area (Å²) in [7, 11) is 1.52. The minimum Gasteiger partial charge on any atom is -0.482 e. The maximum Gasteiger partial charge on any atom is 0.268 e. The molecule has 0 atom stereocenters. The van der Waals surface area contributed by atoms with Crippen LogP contribution in [0.15, 0.2) is 4.79 Å². The molecule has 0 bridgehead atoms. The minimum absolute atomic E-state index is 0.242. The van der Waals surface area contributed by atoms with Gasteiger partial charge in [0.25, 0.3) is 5.56 Å². The summed E-state index contributed by atoms with van der Waals surface area (Å²) in [5, 5.41) is 8.92. The molecule has 0 fully saturated rings. The molecule has 0 unspecified atom stereocenters. The van der Waals surface area contributed by atoms with Crippen molar-refractivity contribution in [2.45, 2.75) is 12.2 Å². The average molecular weight is 222 g/mol. The zero-order chi connectivity index (χ0) is 10.8. The summed E-state index contributed by atoms with van der Waals surface area (Å²) in [6.45, 7) is 0. The molecule has 1 N–H and O–H groups in total. The quantitative estimate of drug-likeness (QED) is 0.771. The maximum absolute atomic E-state index is 11.5. The van der Waals surface area contributed by atoms with Crippen LogP contribution in [-0.2, 0) is 12.2 Å². The predicted octanol–water partition coefficient (Wildman–Crippen LogP) is 1.04. The Balaban J connectivity index is 2.72. The lowest BCUT2D eigenvalue weighted by Crippen LogP contribution is -2.19. The SMILES string of the molecule is COc1[nH]c(=O)c(C#N)c2c1CSCC2.